The van der Waals surface area contributed by atoms with Crippen molar-refractivity contribution in [1.82, 2.24) is 15.5 Å². The third kappa shape index (κ3) is 3.55. The summed E-state index contributed by atoms with van der Waals surface area (Å²) in [5, 5.41) is 7.49. The highest BCUT2D eigenvalue weighted by molar-refractivity contribution is 4.92. The summed E-state index contributed by atoms with van der Waals surface area (Å²) >= 11 is 0. The zero-order chi connectivity index (χ0) is 13.0. The lowest BCUT2D eigenvalue weighted by atomic mass is 9.82. The van der Waals surface area contributed by atoms with Crippen LogP contribution in [0.2, 0.25) is 0 Å². The van der Waals surface area contributed by atoms with Gasteiger partial charge in [0.15, 0.2) is 5.82 Å². The van der Waals surface area contributed by atoms with Crippen molar-refractivity contribution in [3.63, 3.8) is 0 Å². The summed E-state index contributed by atoms with van der Waals surface area (Å²) in [6.45, 7) is 4.35. The minimum atomic E-state index is 0.579. The minimum Gasteiger partial charge on any atom is -0.339 e. The standard InChI is InChI=1S/C14H25N3O/c1-10(2)8-13-16-14(18-17-13)9-11-6-4-5-7-12(11)15-3/h10-12,15H,4-9H2,1-3H3. The van der Waals surface area contributed by atoms with E-state index in [1.807, 2.05) is 0 Å². The Morgan fingerprint density at radius 1 is 1.33 bits per heavy atom. The molecule has 1 saturated carbocycles. The molecule has 18 heavy (non-hydrogen) atoms. The third-order valence-corrected chi connectivity index (χ3v) is 3.82. The first kappa shape index (κ1) is 13.5. The van der Waals surface area contributed by atoms with Gasteiger partial charge in [-0.2, -0.15) is 4.98 Å². The Hall–Kier alpha value is -0.900. The van der Waals surface area contributed by atoms with Crippen LogP contribution in [0, 0.1) is 11.8 Å². The molecule has 0 aliphatic heterocycles. The van der Waals surface area contributed by atoms with Gasteiger partial charge in [-0.3, -0.25) is 0 Å². The summed E-state index contributed by atoms with van der Waals surface area (Å²) in [4.78, 5) is 4.51. The Balaban J connectivity index is 1.93. The maximum Gasteiger partial charge on any atom is 0.226 e. The van der Waals surface area contributed by atoms with Crippen molar-refractivity contribution in [2.75, 3.05) is 7.05 Å². The number of aromatic nitrogens is 2. The van der Waals surface area contributed by atoms with Crippen molar-refractivity contribution in [3.05, 3.63) is 11.7 Å². The summed E-state index contributed by atoms with van der Waals surface area (Å²) < 4.78 is 5.37. The zero-order valence-corrected chi connectivity index (χ0v) is 11.8. The molecule has 1 aliphatic carbocycles. The van der Waals surface area contributed by atoms with E-state index in [-0.39, 0.29) is 0 Å². The quantitative estimate of drug-likeness (QED) is 0.874. The number of rotatable bonds is 5. The molecule has 0 amide bonds. The van der Waals surface area contributed by atoms with Crippen LogP contribution >= 0.6 is 0 Å². The molecule has 0 bridgehead atoms. The van der Waals surface area contributed by atoms with E-state index in [1.54, 1.807) is 0 Å². The molecule has 1 aromatic heterocycles. The average molecular weight is 251 g/mol. The van der Waals surface area contributed by atoms with Crippen LogP contribution < -0.4 is 5.32 Å². The Morgan fingerprint density at radius 2 is 2.11 bits per heavy atom. The van der Waals surface area contributed by atoms with Crippen molar-refractivity contribution >= 4 is 0 Å². The van der Waals surface area contributed by atoms with Gasteiger partial charge in [-0.25, -0.2) is 0 Å². The Kier molecular flexibility index (Phi) is 4.75. The fourth-order valence-corrected chi connectivity index (χ4v) is 2.88. The van der Waals surface area contributed by atoms with Gasteiger partial charge in [0.05, 0.1) is 0 Å². The molecular formula is C14H25N3O. The average Bonchev–Trinajstić information content (AvgIpc) is 2.76. The number of nitrogens with zero attached hydrogens (tertiary/aromatic N) is 2. The monoisotopic (exact) mass is 251 g/mol. The highest BCUT2D eigenvalue weighted by Crippen LogP contribution is 2.27. The molecule has 0 radical (unpaired) electrons. The van der Waals surface area contributed by atoms with Gasteiger partial charge in [0.25, 0.3) is 0 Å². The van der Waals surface area contributed by atoms with Gasteiger partial charge in [0, 0.05) is 18.9 Å². The molecule has 1 heterocycles. The lowest BCUT2D eigenvalue weighted by molar-refractivity contribution is 0.248. The molecule has 2 rings (SSSR count). The summed E-state index contributed by atoms with van der Waals surface area (Å²) in [7, 11) is 2.06. The highest BCUT2D eigenvalue weighted by atomic mass is 16.5. The zero-order valence-electron chi connectivity index (χ0n) is 11.8. The van der Waals surface area contributed by atoms with Gasteiger partial charge in [-0.05, 0) is 31.7 Å². The largest absolute Gasteiger partial charge is 0.339 e. The molecule has 4 heteroatoms. The number of nitrogens with one attached hydrogen (secondary N) is 1. The fraction of sp³-hybridized carbons (Fsp3) is 0.857. The molecule has 1 N–H and O–H groups in total. The molecular weight excluding hydrogens is 226 g/mol. The van der Waals surface area contributed by atoms with Crippen molar-refractivity contribution in [1.29, 1.82) is 0 Å². The van der Waals surface area contributed by atoms with E-state index >= 15 is 0 Å². The third-order valence-electron chi connectivity index (χ3n) is 3.82. The van der Waals surface area contributed by atoms with Crippen LogP contribution in [0.5, 0.6) is 0 Å². The molecule has 1 aliphatic rings. The first-order valence-corrected chi connectivity index (χ1v) is 7.17. The van der Waals surface area contributed by atoms with Crippen molar-refractivity contribution in [2.24, 2.45) is 11.8 Å². The lowest BCUT2D eigenvalue weighted by Crippen LogP contribution is -2.37. The summed E-state index contributed by atoms with van der Waals surface area (Å²) in [6, 6.07) is 0.610. The van der Waals surface area contributed by atoms with Gasteiger partial charge >= 0.3 is 0 Å². The fourth-order valence-electron chi connectivity index (χ4n) is 2.88. The molecule has 0 saturated heterocycles. The Labute approximate surface area is 110 Å². The molecule has 2 atom stereocenters. The maximum atomic E-state index is 5.37. The summed E-state index contributed by atoms with van der Waals surface area (Å²) in [6.07, 6.45) is 7.04. The molecule has 0 spiro atoms. The number of hydrogen-bond donors (Lipinski definition) is 1. The van der Waals surface area contributed by atoms with Crippen LogP contribution in [-0.4, -0.2) is 23.2 Å². The van der Waals surface area contributed by atoms with E-state index in [0.717, 1.165) is 24.6 Å². The van der Waals surface area contributed by atoms with E-state index < -0.39 is 0 Å². The summed E-state index contributed by atoms with van der Waals surface area (Å²) in [5.41, 5.74) is 0. The maximum absolute atomic E-state index is 5.37. The van der Waals surface area contributed by atoms with E-state index in [0.29, 0.717) is 17.9 Å². The smallest absolute Gasteiger partial charge is 0.226 e. The normalized spacial score (nSPS) is 24.7. The first-order chi connectivity index (χ1) is 8.69. The van der Waals surface area contributed by atoms with E-state index in [9.17, 15) is 0 Å². The number of hydrogen-bond acceptors (Lipinski definition) is 4. The summed E-state index contributed by atoms with van der Waals surface area (Å²) in [5.74, 6) is 2.90. The van der Waals surface area contributed by atoms with Crippen LogP contribution in [0.1, 0.15) is 51.2 Å². The van der Waals surface area contributed by atoms with E-state index in [4.69, 9.17) is 4.52 Å². The molecule has 2 unspecified atom stereocenters. The Bertz CT molecular complexity index is 362. The predicted octanol–water partition coefficient (Wildman–Crippen LogP) is 2.59. The van der Waals surface area contributed by atoms with Gasteiger partial charge in [0.2, 0.25) is 5.89 Å². The topological polar surface area (TPSA) is 51.0 Å². The van der Waals surface area contributed by atoms with Crippen LogP contribution in [-0.2, 0) is 12.8 Å². The van der Waals surface area contributed by atoms with Gasteiger partial charge in [0.1, 0.15) is 0 Å². The van der Waals surface area contributed by atoms with E-state index in [1.165, 1.54) is 25.7 Å². The molecule has 102 valence electrons. The predicted molar refractivity (Wildman–Crippen MR) is 71.3 cm³/mol. The van der Waals surface area contributed by atoms with Gasteiger partial charge < -0.3 is 9.84 Å². The van der Waals surface area contributed by atoms with Crippen LogP contribution in [0.4, 0.5) is 0 Å². The molecule has 1 fully saturated rings. The minimum absolute atomic E-state index is 0.579. The Morgan fingerprint density at radius 3 is 2.83 bits per heavy atom. The van der Waals surface area contributed by atoms with Crippen LogP contribution in [0.15, 0.2) is 4.52 Å². The van der Waals surface area contributed by atoms with Crippen LogP contribution in [0.3, 0.4) is 0 Å². The highest BCUT2D eigenvalue weighted by Gasteiger charge is 2.25. The molecule has 4 nitrogen and oxygen atoms in total. The van der Waals surface area contributed by atoms with E-state index in [2.05, 4.69) is 36.4 Å². The van der Waals surface area contributed by atoms with Gasteiger partial charge in [-0.15, -0.1) is 0 Å². The van der Waals surface area contributed by atoms with Crippen LogP contribution in [0.25, 0.3) is 0 Å². The second kappa shape index (κ2) is 6.32. The molecule has 0 aromatic carbocycles. The first-order valence-electron chi connectivity index (χ1n) is 7.17. The van der Waals surface area contributed by atoms with Crippen molar-refractivity contribution in [2.45, 2.75) is 58.4 Å². The SMILES string of the molecule is CNC1CCCCC1Cc1nc(CC(C)C)no1. The molecule has 1 aromatic rings. The second-order valence-electron chi connectivity index (χ2n) is 5.85. The van der Waals surface area contributed by atoms with Crippen molar-refractivity contribution in [3.8, 4) is 0 Å². The lowest BCUT2D eigenvalue weighted by Gasteiger charge is -2.30. The van der Waals surface area contributed by atoms with Crippen molar-refractivity contribution < 1.29 is 4.52 Å². The second-order valence-corrected chi connectivity index (χ2v) is 5.85. The van der Waals surface area contributed by atoms with Gasteiger partial charge in [-0.1, -0.05) is 31.8 Å².